The van der Waals surface area contributed by atoms with Gasteiger partial charge in [-0.3, -0.25) is 9.80 Å². The largest absolute Gasteiger partial charge is 1.00 e. The normalized spacial score (nSPS) is 19.8. The maximum atomic E-state index is 2.51. The average molecular weight is 653 g/mol. The van der Waals surface area contributed by atoms with Crippen LogP contribution in [0.25, 0.3) is 0 Å². The molecule has 2 aliphatic rings. The van der Waals surface area contributed by atoms with E-state index < -0.39 is 0 Å². The molecule has 2 fully saturated rings. The van der Waals surface area contributed by atoms with Crippen molar-refractivity contribution >= 4 is 0 Å². The SMILES string of the molecule is CN1CCC[C@H]1c1ccc[n+](CCCCCCCCCCCC[n+]2cccc([C@@H]3CCCN3C)c2)c1.[Br-].[Br-]. The predicted octanol–water partition coefficient (Wildman–Crippen LogP) is 0.404. The maximum Gasteiger partial charge on any atom is 0.173 e. The number of hydrogen-bond donors (Lipinski definition) is 0. The second kappa shape index (κ2) is 18.5. The Labute approximate surface area is 254 Å². The minimum atomic E-state index is 0. The number of unbranched alkanes of at least 4 members (excludes halogenated alkanes) is 9. The van der Waals surface area contributed by atoms with Crippen molar-refractivity contribution in [2.45, 2.75) is 115 Å². The van der Waals surface area contributed by atoms with Crippen molar-refractivity contribution < 1.29 is 43.1 Å². The molecule has 0 N–H and O–H groups in total. The monoisotopic (exact) mass is 650 g/mol. The predicted molar refractivity (Wildman–Crippen MR) is 149 cm³/mol. The van der Waals surface area contributed by atoms with Gasteiger partial charge in [-0.1, -0.05) is 38.5 Å². The van der Waals surface area contributed by atoms with Gasteiger partial charge in [-0.2, -0.15) is 0 Å². The van der Waals surface area contributed by atoms with Crippen LogP contribution in [0, 0.1) is 0 Å². The molecule has 4 rings (SSSR count). The number of rotatable bonds is 15. The molecule has 0 spiro atoms. The van der Waals surface area contributed by atoms with E-state index in [1.165, 1.54) is 127 Å². The topological polar surface area (TPSA) is 14.2 Å². The summed E-state index contributed by atoms with van der Waals surface area (Å²) < 4.78 is 4.84. The first kappa shape index (κ1) is 33.4. The van der Waals surface area contributed by atoms with E-state index in [1.807, 2.05) is 0 Å². The second-order valence-electron chi connectivity index (χ2n) is 11.6. The fourth-order valence-corrected chi connectivity index (χ4v) is 6.42. The fraction of sp³-hybridized carbons (Fsp3) is 0.688. The third-order valence-corrected chi connectivity index (χ3v) is 8.66. The van der Waals surface area contributed by atoms with Gasteiger partial charge in [0, 0.05) is 48.2 Å². The number of likely N-dealkylation sites (tertiary alicyclic amines) is 2. The van der Waals surface area contributed by atoms with Gasteiger partial charge in [0.1, 0.15) is 13.1 Å². The van der Waals surface area contributed by atoms with Gasteiger partial charge in [0.2, 0.25) is 0 Å². The van der Waals surface area contributed by atoms with Crippen molar-refractivity contribution in [1.82, 2.24) is 9.80 Å². The van der Waals surface area contributed by atoms with Crippen molar-refractivity contribution in [2.75, 3.05) is 27.2 Å². The highest BCUT2D eigenvalue weighted by Crippen LogP contribution is 2.30. The zero-order chi connectivity index (χ0) is 25.0. The minimum Gasteiger partial charge on any atom is -1.00 e. The molecule has 0 aliphatic carbocycles. The van der Waals surface area contributed by atoms with Gasteiger partial charge in [-0.05, 0) is 77.8 Å². The number of halogens is 2. The first-order chi connectivity index (χ1) is 17.7. The summed E-state index contributed by atoms with van der Waals surface area (Å²) in [4.78, 5) is 5.01. The number of pyridine rings is 2. The summed E-state index contributed by atoms with van der Waals surface area (Å²) in [5, 5.41) is 0. The van der Waals surface area contributed by atoms with Gasteiger partial charge in [0.25, 0.3) is 0 Å². The molecule has 2 aliphatic heterocycles. The van der Waals surface area contributed by atoms with Crippen molar-refractivity contribution in [3.8, 4) is 0 Å². The number of aromatic nitrogens is 2. The third kappa shape index (κ3) is 10.6. The van der Waals surface area contributed by atoms with Gasteiger partial charge in [-0.15, -0.1) is 0 Å². The number of hydrogen-bond acceptors (Lipinski definition) is 2. The highest BCUT2D eigenvalue weighted by atomic mass is 79.9. The van der Waals surface area contributed by atoms with Gasteiger partial charge in [0.05, 0.1) is 0 Å². The van der Waals surface area contributed by atoms with Crippen LogP contribution in [-0.4, -0.2) is 37.0 Å². The molecule has 2 aromatic rings. The highest BCUT2D eigenvalue weighted by molar-refractivity contribution is 5.13. The molecular weight excluding hydrogens is 600 g/mol. The lowest BCUT2D eigenvalue weighted by atomic mass is 10.1. The first-order valence-corrected chi connectivity index (χ1v) is 15.1. The van der Waals surface area contributed by atoms with Crippen LogP contribution in [0.4, 0.5) is 0 Å². The molecule has 0 aromatic carbocycles. The Balaban J connectivity index is 0.00000253. The maximum absolute atomic E-state index is 2.51. The smallest absolute Gasteiger partial charge is 0.173 e. The van der Waals surface area contributed by atoms with Gasteiger partial charge in [-0.25, -0.2) is 9.13 Å². The van der Waals surface area contributed by atoms with Crippen LogP contribution in [-0.2, 0) is 13.1 Å². The summed E-state index contributed by atoms with van der Waals surface area (Å²) in [5.74, 6) is 0. The van der Waals surface area contributed by atoms with Crippen LogP contribution in [0.15, 0.2) is 49.1 Å². The summed E-state index contributed by atoms with van der Waals surface area (Å²) >= 11 is 0. The molecule has 0 unspecified atom stereocenters. The zero-order valence-corrected chi connectivity index (χ0v) is 27.2. The summed E-state index contributed by atoms with van der Waals surface area (Å²) in [6, 6.07) is 10.4. The van der Waals surface area contributed by atoms with Gasteiger partial charge < -0.3 is 34.0 Å². The van der Waals surface area contributed by atoms with E-state index in [0.29, 0.717) is 12.1 Å². The van der Waals surface area contributed by atoms with Gasteiger partial charge >= 0.3 is 0 Å². The van der Waals surface area contributed by atoms with E-state index >= 15 is 0 Å². The van der Waals surface area contributed by atoms with Crippen LogP contribution in [0.1, 0.15) is 113 Å². The van der Waals surface area contributed by atoms with E-state index in [4.69, 9.17) is 0 Å². The molecule has 0 amide bonds. The summed E-state index contributed by atoms with van der Waals surface area (Å²) in [6.07, 6.45) is 28.4. The summed E-state index contributed by atoms with van der Waals surface area (Å²) in [5.41, 5.74) is 3.00. The molecule has 38 heavy (non-hydrogen) atoms. The lowest BCUT2D eigenvalue weighted by Crippen LogP contribution is -3.00. The zero-order valence-electron chi connectivity index (χ0n) is 24.0. The molecular formula is C32H52Br2N4. The van der Waals surface area contributed by atoms with Gasteiger partial charge in [0.15, 0.2) is 24.8 Å². The molecule has 4 nitrogen and oxygen atoms in total. The Morgan fingerprint density at radius 2 is 0.974 bits per heavy atom. The molecule has 0 radical (unpaired) electrons. The van der Waals surface area contributed by atoms with Crippen molar-refractivity contribution in [3.63, 3.8) is 0 Å². The lowest BCUT2D eigenvalue weighted by molar-refractivity contribution is -0.698. The molecule has 2 aromatic heterocycles. The first-order valence-electron chi connectivity index (χ1n) is 15.1. The molecule has 214 valence electrons. The van der Waals surface area contributed by atoms with Crippen LogP contribution in [0.2, 0.25) is 0 Å². The van der Waals surface area contributed by atoms with E-state index in [9.17, 15) is 0 Å². The molecule has 6 heteroatoms. The van der Waals surface area contributed by atoms with E-state index in [2.05, 4.69) is 82.1 Å². The summed E-state index contributed by atoms with van der Waals surface area (Å²) in [6.45, 7) is 4.82. The molecule has 2 saturated heterocycles. The lowest BCUT2D eigenvalue weighted by Gasteiger charge is -2.18. The molecule has 0 saturated carbocycles. The average Bonchev–Trinajstić information content (AvgIpc) is 3.53. The Kier molecular flexibility index (Phi) is 16.3. The van der Waals surface area contributed by atoms with Crippen molar-refractivity contribution in [1.29, 1.82) is 0 Å². The van der Waals surface area contributed by atoms with Crippen LogP contribution >= 0.6 is 0 Å². The molecule has 0 bridgehead atoms. The van der Waals surface area contributed by atoms with E-state index in [0.717, 1.165) is 0 Å². The van der Waals surface area contributed by atoms with Crippen LogP contribution in [0.5, 0.6) is 0 Å². The molecule has 4 heterocycles. The third-order valence-electron chi connectivity index (χ3n) is 8.66. The summed E-state index contributed by atoms with van der Waals surface area (Å²) in [7, 11) is 4.54. The second-order valence-corrected chi connectivity index (χ2v) is 11.6. The molecule has 2 atom stereocenters. The van der Waals surface area contributed by atoms with E-state index in [1.54, 1.807) is 0 Å². The minimum absolute atomic E-state index is 0. The Hall–Kier alpha value is -0.820. The standard InChI is InChI=1S/C32H52N4.2BrH/c1-33-21-15-19-31(33)29-17-13-25-35(27-29)23-11-9-7-5-3-4-6-8-10-12-24-36-26-14-18-30(28-36)32-20-16-22-34(32)2;;/h13-14,17-18,25-28,31-32H,3-12,15-16,19-24H2,1-2H3;2*1H/q+2;;/p-2/t31-,32-;;/m0../s1. The Bertz CT molecular complexity index is 835. The highest BCUT2D eigenvalue weighted by Gasteiger charge is 2.25. The van der Waals surface area contributed by atoms with Crippen molar-refractivity contribution in [2.24, 2.45) is 0 Å². The van der Waals surface area contributed by atoms with Crippen LogP contribution in [0.3, 0.4) is 0 Å². The quantitative estimate of drug-likeness (QED) is 0.205. The Morgan fingerprint density at radius 1 is 0.605 bits per heavy atom. The number of nitrogens with zero attached hydrogens (tertiary/aromatic N) is 4. The van der Waals surface area contributed by atoms with Crippen molar-refractivity contribution in [3.05, 3.63) is 60.2 Å². The fourth-order valence-electron chi connectivity index (χ4n) is 6.42. The van der Waals surface area contributed by atoms with Crippen LogP contribution < -0.4 is 43.1 Å². The Morgan fingerprint density at radius 3 is 1.32 bits per heavy atom. The number of aryl methyl sites for hydroxylation is 2. The van der Waals surface area contributed by atoms with E-state index in [-0.39, 0.29) is 34.0 Å².